The molecular formula is C18H24N2O. The molecule has 0 aliphatic heterocycles. The van der Waals surface area contributed by atoms with Crippen LogP contribution in [0, 0.1) is 0 Å². The Morgan fingerprint density at radius 3 is 2.43 bits per heavy atom. The first-order valence-electron chi connectivity index (χ1n) is 7.55. The predicted octanol–water partition coefficient (Wildman–Crippen LogP) is 3.74. The Hall–Kier alpha value is -2.16. The van der Waals surface area contributed by atoms with E-state index >= 15 is 0 Å². The molecule has 0 aromatic heterocycles. The molecule has 0 radical (unpaired) electrons. The van der Waals surface area contributed by atoms with Gasteiger partial charge in [0.05, 0.1) is 12.3 Å². The summed E-state index contributed by atoms with van der Waals surface area (Å²) < 4.78 is 5.47. The van der Waals surface area contributed by atoms with Gasteiger partial charge in [-0.25, -0.2) is 0 Å². The number of hydrogen-bond donors (Lipinski definition) is 1. The van der Waals surface area contributed by atoms with Gasteiger partial charge in [-0.15, -0.1) is 0 Å². The lowest BCUT2D eigenvalue weighted by atomic mass is 10.1. The molecule has 0 atom stereocenters. The quantitative estimate of drug-likeness (QED) is 0.787. The maximum atomic E-state index is 6.02. The highest BCUT2D eigenvalue weighted by Gasteiger charge is 2.06. The van der Waals surface area contributed by atoms with Crippen molar-refractivity contribution in [1.82, 2.24) is 0 Å². The van der Waals surface area contributed by atoms with Gasteiger partial charge in [0, 0.05) is 18.8 Å². The molecule has 0 unspecified atom stereocenters. The third-order valence-electron chi connectivity index (χ3n) is 3.55. The monoisotopic (exact) mass is 284 g/mol. The summed E-state index contributed by atoms with van der Waals surface area (Å²) in [6.07, 6.45) is 0.972. The number of nitrogen functional groups attached to an aromatic ring is 1. The van der Waals surface area contributed by atoms with E-state index in [4.69, 9.17) is 10.5 Å². The van der Waals surface area contributed by atoms with Crippen LogP contribution in [0.25, 0.3) is 0 Å². The van der Waals surface area contributed by atoms with Crippen molar-refractivity contribution in [1.29, 1.82) is 0 Å². The zero-order valence-corrected chi connectivity index (χ0v) is 12.9. The van der Waals surface area contributed by atoms with Crippen molar-refractivity contribution in [2.24, 2.45) is 0 Å². The molecule has 21 heavy (non-hydrogen) atoms. The summed E-state index contributed by atoms with van der Waals surface area (Å²) in [5, 5.41) is 0. The molecule has 0 spiro atoms. The first-order chi connectivity index (χ1) is 10.2. The van der Waals surface area contributed by atoms with E-state index in [0.29, 0.717) is 6.61 Å². The fourth-order valence-corrected chi connectivity index (χ4v) is 2.41. The summed E-state index contributed by atoms with van der Waals surface area (Å²) in [6.45, 7) is 6.76. The fourth-order valence-electron chi connectivity index (χ4n) is 2.41. The van der Waals surface area contributed by atoms with Crippen LogP contribution in [0.15, 0.2) is 48.5 Å². The molecule has 0 bridgehead atoms. The van der Waals surface area contributed by atoms with Gasteiger partial charge in [0.1, 0.15) is 5.75 Å². The lowest BCUT2D eigenvalue weighted by molar-refractivity contribution is 0.342. The van der Waals surface area contributed by atoms with Crippen molar-refractivity contribution in [3.8, 4) is 5.75 Å². The van der Waals surface area contributed by atoms with Crippen molar-refractivity contribution in [3.63, 3.8) is 0 Å². The first-order valence-corrected chi connectivity index (χ1v) is 7.55. The zero-order chi connectivity index (χ0) is 15.1. The molecule has 3 heteroatoms. The summed E-state index contributed by atoms with van der Waals surface area (Å²) in [7, 11) is 0. The highest BCUT2D eigenvalue weighted by atomic mass is 16.5. The van der Waals surface area contributed by atoms with Crippen LogP contribution in [0.3, 0.4) is 0 Å². The summed E-state index contributed by atoms with van der Waals surface area (Å²) >= 11 is 0. The molecule has 112 valence electrons. The van der Waals surface area contributed by atoms with Gasteiger partial charge in [0.15, 0.2) is 0 Å². The third-order valence-corrected chi connectivity index (χ3v) is 3.55. The average molecular weight is 284 g/mol. The van der Waals surface area contributed by atoms with Gasteiger partial charge in [-0.2, -0.15) is 0 Å². The van der Waals surface area contributed by atoms with Gasteiger partial charge in [-0.05, 0) is 50.1 Å². The van der Waals surface area contributed by atoms with Crippen LogP contribution < -0.4 is 15.4 Å². The molecular weight excluding hydrogens is 260 g/mol. The molecule has 2 aromatic carbocycles. The van der Waals surface area contributed by atoms with Crippen LogP contribution in [-0.2, 0) is 6.42 Å². The van der Waals surface area contributed by atoms with Crippen LogP contribution in [0.1, 0.15) is 19.4 Å². The summed E-state index contributed by atoms with van der Waals surface area (Å²) in [4.78, 5) is 2.37. The maximum absolute atomic E-state index is 6.02. The number of hydrogen-bond acceptors (Lipinski definition) is 3. The van der Waals surface area contributed by atoms with Crippen LogP contribution >= 0.6 is 0 Å². The van der Waals surface area contributed by atoms with Gasteiger partial charge in [-0.1, -0.05) is 24.3 Å². The van der Waals surface area contributed by atoms with Crippen molar-refractivity contribution >= 4 is 11.4 Å². The highest BCUT2D eigenvalue weighted by Crippen LogP contribution is 2.23. The van der Waals surface area contributed by atoms with Crippen LogP contribution in [-0.4, -0.2) is 19.7 Å². The second-order valence-corrected chi connectivity index (χ2v) is 4.97. The van der Waals surface area contributed by atoms with Gasteiger partial charge in [-0.3, -0.25) is 0 Å². The third kappa shape index (κ3) is 4.15. The van der Waals surface area contributed by atoms with Gasteiger partial charge in [0.2, 0.25) is 0 Å². The second kappa shape index (κ2) is 7.58. The number of nitrogens with zero attached hydrogens (tertiary/aromatic N) is 1. The Labute approximate surface area is 127 Å². The topological polar surface area (TPSA) is 38.5 Å². The van der Waals surface area contributed by atoms with E-state index < -0.39 is 0 Å². The van der Waals surface area contributed by atoms with Crippen LogP contribution in [0.2, 0.25) is 0 Å². The van der Waals surface area contributed by atoms with E-state index in [9.17, 15) is 0 Å². The Morgan fingerprint density at radius 1 is 1.05 bits per heavy atom. The number of para-hydroxylation sites is 1. The normalized spacial score (nSPS) is 10.4. The Balaban J connectivity index is 2.00. The lowest BCUT2D eigenvalue weighted by Crippen LogP contribution is -2.25. The second-order valence-electron chi connectivity index (χ2n) is 4.97. The summed E-state index contributed by atoms with van der Waals surface area (Å²) in [6, 6.07) is 16.6. The van der Waals surface area contributed by atoms with E-state index in [1.165, 1.54) is 11.3 Å². The van der Waals surface area contributed by atoms with Crippen molar-refractivity contribution in [3.05, 3.63) is 54.1 Å². The molecule has 2 aromatic rings. The van der Waals surface area contributed by atoms with Gasteiger partial charge < -0.3 is 15.4 Å². The summed E-state index contributed by atoms with van der Waals surface area (Å²) in [5.41, 5.74) is 9.24. The van der Waals surface area contributed by atoms with Crippen molar-refractivity contribution in [2.45, 2.75) is 20.3 Å². The standard InChI is InChI=1S/C18H24N2O/c1-3-20(16-8-6-5-7-9-16)13-12-15-10-11-18(21-4-2)17(19)14-15/h5-11,14H,3-4,12-13,19H2,1-2H3. The molecule has 0 fully saturated rings. The number of ether oxygens (including phenoxy) is 1. The molecule has 0 saturated heterocycles. The molecule has 2 rings (SSSR count). The van der Waals surface area contributed by atoms with Crippen LogP contribution in [0.4, 0.5) is 11.4 Å². The van der Waals surface area contributed by atoms with E-state index in [0.717, 1.165) is 30.9 Å². The minimum atomic E-state index is 0.640. The van der Waals surface area contributed by atoms with Crippen molar-refractivity contribution in [2.75, 3.05) is 30.3 Å². The number of nitrogens with two attached hydrogens (primary N) is 1. The largest absolute Gasteiger partial charge is 0.492 e. The first kappa shape index (κ1) is 15.2. The number of benzene rings is 2. The molecule has 0 amide bonds. The number of likely N-dealkylation sites (N-methyl/N-ethyl adjacent to an activating group) is 1. The van der Waals surface area contributed by atoms with E-state index in [1.54, 1.807) is 0 Å². The SMILES string of the molecule is CCOc1ccc(CCN(CC)c2ccccc2)cc1N. The Bertz CT molecular complexity index is 554. The van der Waals surface area contributed by atoms with Gasteiger partial charge >= 0.3 is 0 Å². The molecule has 0 saturated carbocycles. The highest BCUT2D eigenvalue weighted by molar-refractivity contribution is 5.54. The lowest BCUT2D eigenvalue weighted by Gasteiger charge is -2.23. The maximum Gasteiger partial charge on any atom is 0.142 e. The molecule has 0 aliphatic rings. The minimum Gasteiger partial charge on any atom is -0.492 e. The zero-order valence-electron chi connectivity index (χ0n) is 12.9. The van der Waals surface area contributed by atoms with Crippen molar-refractivity contribution < 1.29 is 4.74 Å². The van der Waals surface area contributed by atoms with Gasteiger partial charge in [0.25, 0.3) is 0 Å². The smallest absolute Gasteiger partial charge is 0.142 e. The molecule has 3 nitrogen and oxygen atoms in total. The predicted molar refractivity (Wildman–Crippen MR) is 90.1 cm³/mol. The fraction of sp³-hybridized carbons (Fsp3) is 0.333. The van der Waals surface area contributed by atoms with E-state index in [1.807, 2.05) is 25.1 Å². The van der Waals surface area contributed by atoms with Crippen LogP contribution in [0.5, 0.6) is 5.75 Å². The van der Waals surface area contributed by atoms with E-state index in [-0.39, 0.29) is 0 Å². The number of rotatable bonds is 7. The Morgan fingerprint density at radius 2 is 1.81 bits per heavy atom. The average Bonchev–Trinajstić information content (AvgIpc) is 2.52. The molecule has 0 heterocycles. The Kier molecular flexibility index (Phi) is 5.50. The number of anilines is 2. The van der Waals surface area contributed by atoms with E-state index in [2.05, 4.69) is 42.2 Å². The molecule has 0 aliphatic carbocycles. The molecule has 2 N–H and O–H groups in total. The minimum absolute atomic E-state index is 0.640. The summed E-state index contributed by atoms with van der Waals surface area (Å²) in [5.74, 6) is 0.775.